The van der Waals surface area contributed by atoms with Gasteiger partial charge in [0.25, 0.3) is 0 Å². The number of benzene rings is 1. The van der Waals surface area contributed by atoms with Crippen LogP contribution in [0, 0.1) is 5.82 Å². The maximum Gasteiger partial charge on any atom is 0.123 e. The summed E-state index contributed by atoms with van der Waals surface area (Å²) >= 11 is 0. The Morgan fingerprint density at radius 2 is 2.25 bits per heavy atom. The fourth-order valence-electron chi connectivity index (χ4n) is 3.24. The maximum absolute atomic E-state index is 13.3. The number of ether oxygens (including phenoxy) is 1. The van der Waals surface area contributed by atoms with E-state index >= 15 is 0 Å². The van der Waals surface area contributed by atoms with Crippen LogP contribution >= 0.6 is 0 Å². The molecule has 1 heterocycles. The van der Waals surface area contributed by atoms with Gasteiger partial charge in [0.15, 0.2) is 0 Å². The Labute approximate surface area is 120 Å². The minimum atomic E-state index is -0.122. The fraction of sp³-hybridized carbons (Fsp3) is 0.529. The Hall–Kier alpha value is -1.19. The Morgan fingerprint density at radius 3 is 3.05 bits per heavy atom. The molecule has 2 nitrogen and oxygen atoms in total. The molecule has 20 heavy (non-hydrogen) atoms. The molecule has 1 N–H and O–H groups in total. The van der Waals surface area contributed by atoms with Crippen molar-refractivity contribution in [1.82, 2.24) is 5.32 Å². The van der Waals surface area contributed by atoms with Crippen molar-refractivity contribution in [2.24, 2.45) is 0 Å². The van der Waals surface area contributed by atoms with Gasteiger partial charge in [0.05, 0.1) is 13.2 Å². The molecule has 1 saturated carbocycles. The van der Waals surface area contributed by atoms with Crippen LogP contribution in [-0.4, -0.2) is 25.8 Å². The van der Waals surface area contributed by atoms with E-state index in [4.69, 9.17) is 4.74 Å². The third-order valence-electron chi connectivity index (χ3n) is 4.35. The van der Waals surface area contributed by atoms with Gasteiger partial charge in [-0.1, -0.05) is 18.2 Å². The van der Waals surface area contributed by atoms with E-state index in [9.17, 15) is 4.39 Å². The first-order chi connectivity index (χ1) is 9.81. The van der Waals surface area contributed by atoms with Crippen molar-refractivity contribution in [3.05, 3.63) is 47.3 Å². The Morgan fingerprint density at radius 1 is 1.30 bits per heavy atom. The molecule has 1 aromatic carbocycles. The summed E-state index contributed by atoms with van der Waals surface area (Å²) in [4.78, 5) is 0. The van der Waals surface area contributed by atoms with E-state index in [-0.39, 0.29) is 5.82 Å². The topological polar surface area (TPSA) is 21.3 Å². The Balaban J connectivity index is 1.50. The van der Waals surface area contributed by atoms with Gasteiger partial charge in [-0.2, -0.15) is 0 Å². The van der Waals surface area contributed by atoms with Gasteiger partial charge in [0.2, 0.25) is 0 Å². The van der Waals surface area contributed by atoms with Crippen LogP contribution in [0.2, 0.25) is 0 Å². The van der Waals surface area contributed by atoms with Gasteiger partial charge in [-0.05, 0) is 54.9 Å². The van der Waals surface area contributed by atoms with E-state index in [0.29, 0.717) is 12.0 Å². The second-order valence-corrected chi connectivity index (χ2v) is 5.85. The average molecular weight is 275 g/mol. The molecule has 0 amide bonds. The SMILES string of the molecule is Fc1cccc([C@@H]2CC[C@@H](NCC3=CCCOC3)C2)c1. The zero-order valence-electron chi connectivity index (χ0n) is 11.8. The standard InChI is InChI=1S/C17H22FNO/c18-16-5-1-4-14(9-16)15-6-7-17(10-15)19-11-13-3-2-8-20-12-13/h1,3-5,9,15,17,19H,2,6-8,10-12H2/t15-,17-/m1/s1. The highest BCUT2D eigenvalue weighted by molar-refractivity contribution is 5.22. The third kappa shape index (κ3) is 3.47. The first kappa shape index (κ1) is 13.8. The smallest absolute Gasteiger partial charge is 0.123 e. The van der Waals surface area contributed by atoms with E-state index in [1.165, 1.54) is 18.1 Å². The largest absolute Gasteiger partial charge is 0.377 e. The van der Waals surface area contributed by atoms with Crippen molar-refractivity contribution in [3.63, 3.8) is 0 Å². The average Bonchev–Trinajstić information content (AvgIpc) is 2.95. The summed E-state index contributed by atoms with van der Waals surface area (Å²) < 4.78 is 18.7. The molecule has 3 rings (SSSR count). The molecule has 0 aromatic heterocycles. The van der Waals surface area contributed by atoms with Gasteiger partial charge < -0.3 is 10.1 Å². The number of halogens is 1. The second-order valence-electron chi connectivity index (χ2n) is 5.85. The van der Waals surface area contributed by atoms with Gasteiger partial charge >= 0.3 is 0 Å². The van der Waals surface area contributed by atoms with Gasteiger partial charge in [-0.25, -0.2) is 4.39 Å². The van der Waals surface area contributed by atoms with Gasteiger partial charge in [0, 0.05) is 12.6 Å². The monoisotopic (exact) mass is 275 g/mol. The van der Waals surface area contributed by atoms with Crippen molar-refractivity contribution in [1.29, 1.82) is 0 Å². The summed E-state index contributed by atoms with van der Waals surface area (Å²) in [5.41, 5.74) is 2.51. The molecular weight excluding hydrogens is 253 g/mol. The molecule has 0 saturated heterocycles. The van der Waals surface area contributed by atoms with Crippen LogP contribution in [0.3, 0.4) is 0 Å². The molecule has 1 aliphatic heterocycles. The highest BCUT2D eigenvalue weighted by Gasteiger charge is 2.25. The van der Waals surface area contributed by atoms with Crippen molar-refractivity contribution in [2.75, 3.05) is 19.8 Å². The molecule has 0 spiro atoms. The predicted octanol–water partition coefficient (Wildman–Crippen LogP) is 3.40. The first-order valence-electron chi connectivity index (χ1n) is 7.56. The quantitative estimate of drug-likeness (QED) is 0.850. The van der Waals surface area contributed by atoms with E-state index in [2.05, 4.69) is 11.4 Å². The number of rotatable bonds is 4. The molecule has 1 aliphatic carbocycles. The van der Waals surface area contributed by atoms with E-state index < -0.39 is 0 Å². The van der Waals surface area contributed by atoms with Gasteiger partial charge in [-0.3, -0.25) is 0 Å². The van der Waals surface area contributed by atoms with Crippen molar-refractivity contribution < 1.29 is 9.13 Å². The lowest BCUT2D eigenvalue weighted by atomic mass is 9.97. The second kappa shape index (κ2) is 6.51. The van der Waals surface area contributed by atoms with Crippen LogP contribution in [0.1, 0.15) is 37.2 Å². The first-order valence-corrected chi connectivity index (χ1v) is 7.56. The fourth-order valence-corrected chi connectivity index (χ4v) is 3.24. The highest BCUT2D eigenvalue weighted by atomic mass is 19.1. The van der Waals surface area contributed by atoms with Crippen molar-refractivity contribution in [3.8, 4) is 0 Å². The van der Waals surface area contributed by atoms with Crippen molar-refractivity contribution in [2.45, 2.75) is 37.6 Å². The molecular formula is C17H22FNO. The van der Waals surface area contributed by atoms with Crippen LogP contribution in [0.15, 0.2) is 35.9 Å². The Bertz CT molecular complexity index is 486. The minimum Gasteiger partial charge on any atom is -0.377 e. The highest BCUT2D eigenvalue weighted by Crippen LogP contribution is 2.34. The summed E-state index contributed by atoms with van der Waals surface area (Å²) in [6.45, 7) is 2.56. The molecule has 2 aliphatic rings. The molecule has 1 aromatic rings. The van der Waals surface area contributed by atoms with Crippen LogP contribution in [0.4, 0.5) is 4.39 Å². The van der Waals surface area contributed by atoms with Crippen LogP contribution in [0.5, 0.6) is 0 Å². The lowest BCUT2D eigenvalue weighted by Gasteiger charge is -2.18. The van der Waals surface area contributed by atoms with Gasteiger partial charge in [0.1, 0.15) is 5.82 Å². The molecule has 0 radical (unpaired) electrons. The normalized spacial score (nSPS) is 26.6. The molecule has 108 valence electrons. The summed E-state index contributed by atoms with van der Waals surface area (Å²) in [5, 5.41) is 3.62. The molecule has 3 heteroatoms. The molecule has 2 atom stereocenters. The third-order valence-corrected chi connectivity index (χ3v) is 4.35. The molecule has 1 fully saturated rings. The Kier molecular flexibility index (Phi) is 4.48. The number of hydrogen-bond donors (Lipinski definition) is 1. The van der Waals surface area contributed by atoms with Gasteiger partial charge in [-0.15, -0.1) is 0 Å². The zero-order chi connectivity index (χ0) is 13.8. The maximum atomic E-state index is 13.3. The van der Waals surface area contributed by atoms with E-state index in [1.54, 1.807) is 6.07 Å². The number of hydrogen-bond acceptors (Lipinski definition) is 2. The summed E-state index contributed by atoms with van der Waals surface area (Å²) in [5.74, 6) is 0.378. The summed E-state index contributed by atoms with van der Waals surface area (Å²) in [6.07, 6.45) is 6.76. The minimum absolute atomic E-state index is 0.122. The zero-order valence-corrected chi connectivity index (χ0v) is 11.8. The van der Waals surface area contributed by atoms with E-state index in [0.717, 1.165) is 44.6 Å². The van der Waals surface area contributed by atoms with Crippen molar-refractivity contribution >= 4 is 0 Å². The lowest BCUT2D eigenvalue weighted by Crippen LogP contribution is -2.30. The van der Waals surface area contributed by atoms with Crippen LogP contribution in [-0.2, 0) is 4.74 Å². The lowest BCUT2D eigenvalue weighted by molar-refractivity contribution is 0.148. The number of nitrogens with one attached hydrogen (secondary N) is 1. The predicted molar refractivity (Wildman–Crippen MR) is 78.3 cm³/mol. The van der Waals surface area contributed by atoms with Crippen LogP contribution in [0.25, 0.3) is 0 Å². The van der Waals surface area contributed by atoms with E-state index in [1.807, 2.05) is 12.1 Å². The van der Waals surface area contributed by atoms with Crippen LogP contribution < -0.4 is 5.32 Å². The molecule has 0 unspecified atom stereocenters. The molecule has 0 bridgehead atoms. The summed E-state index contributed by atoms with van der Waals surface area (Å²) in [7, 11) is 0. The summed E-state index contributed by atoms with van der Waals surface area (Å²) in [6, 6.07) is 7.61.